The van der Waals surface area contributed by atoms with Gasteiger partial charge in [0.25, 0.3) is 0 Å². The van der Waals surface area contributed by atoms with Crippen molar-refractivity contribution in [2.24, 2.45) is 0 Å². The van der Waals surface area contributed by atoms with Crippen LogP contribution in [0.5, 0.6) is 0 Å². The van der Waals surface area contributed by atoms with E-state index in [9.17, 15) is 26.9 Å². The van der Waals surface area contributed by atoms with Crippen LogP contribution in [0.3, 0.4) is 0 Å². The van der Waals surface area contributed by atoms with Crippen LogP contribution < -0.4 is 0 Å². The summed E-state index contributed by atoms with van der Waals surface area (Å²) < 4.78 is 48.3. The standard InChI is InChI=1S/C18H29O2S.C12H15BrO2.C6H14S.BF4/c1-14(2)21(15(3)4)17(12-9-13-18(19)20-5)16-10-7-6-8-11-16;1-15-12(14)9-5-8-11(13)10-6-3-2-4-7-10;1-5(2)7-6(3)4;2-1(3,4)5/h6-8,10-11,14-15,17H,9,12-13H2,1-5H3;2-4,6-7,11H,5,8-9H2,1H3;5-6H,1-4H3;/q+1;;;-1. The van der Waals surface area contributed by atoms with Crippen LogP contribution in [0.1, 0.15) is 115 Å². The number of carbonyl (C=O) groups is 2. The first-order valence-electron chi connectivity index (χ1n) is 16.4. The minimum absolute atomic E-state index is 0.101. The molecule has 0 spiro atoms. The van der Waals surface area contributed by atoms with Crippen LogP contribution in [0, 0.1) is 0 Å². The minimum Gasteiger partial charge on any atom is -0.469 e. The van der Waals surface area contributed by atoms with Gasteiger partial charge in [-0.05, 0) is 80.3 Å². The van der Waals surface area contributed by atoms with Crippen LogP contribution in [-0.4, -0.2) is 54.4 Å². The van der Waals surface area contributed by atoms with Crippen molar-refractivity contribution >= 4 is 57.8 Å². The lowest BCUT2D eigenvalue weighted by Crippen LogP contribution is -2.30. The van der Waals surface area contributed by atoms with E-state index in [1.54, 1.807) is 0 Å². The van der Waals surface area contributed by atoms with Crippen LogP contribution in [0.2, 0.25) is 0 Å². The molecule has 2 atom stereocenters. The number of rotatable bonds is 15. The smallest absolute Gasteiger partial charge is 0.469 e. The number of hydrogen-bond donors (Lipinski definition) is 0. The maximum absolute atomic E-state index is 11.3. The van der Waals surface area contributed by atoms with Crippen molar-refractivity contribution in [1.29, 1.82) is 0 Å². The van der Waals surface area contributed by atoms with E-state index in [2.05, 4.69) is 119 Å². The highest BCUT2D eigenvalue weighted by Gasteiger charge is 2.37. The Morgan fingerprint density at radius 1 is 0.688 bits per heavy atom. The highest BCUT2D eigenvalue weighted by Crippen LogP contribution is 2.35. The summed E-state index contributed by atoms with van der Waals surface area (Å²) in [5.41, 5.74) is 2.66. The molecule has 0 amide bonds. The van der Waals surface area contributed by atoms with Gasteiger partial charge in [-0.3, -0.25) is 9.59 Å². The molecule has 0 aliphatic carbocycles. The lowest BCUT2D eigenvalue weighted by molar-refractivity contribution is -0.141. The van der Waals surface area contributed by atoms with Gasteiger partial charge < -0.3 is 26.7 Å². The van der Waals surface area contributed by atoms with E-state index in [1.807, 2.05) is 30.0 Å². The van der Waals surface area contributed by atoms with E-state index in [-0.39, 0.29) is 11.9 Å². The summed E-state index contributed by atoms with van der Waals surface area (Å²) in [5, 5.41) is 3.44. The quantitative estimate of drug-likeness (QED) is 0.0592. The van der Waals surface area contributed by atoms with Gasteiger partial charge in [0.2, 0.25) is 0 Å². The fourth-order valence-electron chi connectivity index (χ4n) is 4.76. The Morgan fingerprint density at radius 2 is 1.04 bits per heavy atom. The van der Waals surface area contributed by atoms with Crippen molar-refractivity contribution in [2.45, 2.75) is 125 Å². The number of thioether (sulfide) groups is 1. The molecule has 0 heterocycles. The molecular weight excluding hydrogens is 727 g/mol. The van der Waals surface area contributed by atoms with E-state index >= 15 is 0 Å². The molecule has 0 fully saturated rings. The number of ether oxygens (including phenoxy) is 2. The number of alkyl halides is 1. The fourth-order valence-corrected chi connectivity index (χ4v) is 9.79. The van der Waals surface area contributed by atoms with Gasteiger partial charge in [0.15, 0.2) is 0 Å². The number of esters is 2. The molecule has 0 aliphatic heterocycles. The van der Waals surface area contributed by atoms with Gasteiger partial charge in [-0.1, -0.05) is 104 Å². The van der Waals surface area contributed by atoms with Crippen LogP contribution in [-0.2, 0) is 30.0 Å². The minimum atomic E-state index is -6.00. The molecule has 0 saturated heterocycles. The average molecular weight is 786 g/mol. The molecule has 0 saturated carbocycles. The largest absolute Gasteiger partial charge is 0.673 e. The summed E-state index contributed by atoms with van der Waals surface area (Å²) in [7, 11) is -2.80. The first kappa shape index (κ1) is 48.5. The maximum atomic E-state index is 11.3. The SMILES string of the molecule is CC(C)SC(C)C.COC(=O)CCCC(Br)c1ccccc1.COC(=O)CCCC(c1ccccc1)[S+](C(C)C)C(C)C.F[B-](F)(F)F. The van der Waals surface area contributed by atoms with Crippen LogP contribution in [0.4, 0.5) is 17.3 Å². The van der Waals surface area contributed by atoms with Crippen molar-refractivity contribution in [1.82, 2.24) is 0 Å². The number of carbonyl (C=O) groups excluding carboxylic acids is 2. The van der Waals surface area contributed by atoms with E-state index in [1.165, 1.54) is 25.3 Å². The Balaban J connectivity index is 0. The molecule has 0 aliphatic rings. The second-order valence-electron chi connectivity index (χ2n) is 11.9. The molecule has 48 heavy (non-hydrogen) atoms. The molecule has 2 aromatic rings. The summed E-state index contributed by atoms with van der Waals surface area (Å²) in [6.45, 7) is 18.2. The molecule has 4 nitrogen and oxygen atoms in total. The molecule has 2 rings (SSSR count). The van der Waals surface area contributed by atoms with Gasteiger partial charge in [-0.15, -0.1) is 0 Å². The zero-order chi connectivity index (χ0) is 37.3. The maximum Gasteiger partial charge on any atom is 0.673 e. The van der Waals surface area contributed by atoms with Crippen molar-refractivity contribution in [3.63, 3.8) is 0 Å². The fraction of sp³-hybridized carbons (Fsp3) is 0.611. The highest BCUT2D eigenvalue weighted by molar-refractivity contribution is 9.09. The third-order valence-electron chi connectivity index (χ3n) is 6.44. The Labute approximate surface area is 303 Å². The van der Waals surface area contributed by atoms with E-state index in [0.29, 0.717) is 44.3 Å². The summed E-state index contributed by atoms with van der Waals surface area (Å²) in [4.78, 5) is 22.6. The first-order valence-corrected chi connectivity index (χ1v) is 19.7. The third kappa shape index (κ3) is 28.2. The number of methoxy groups -OCH3 is 2. The van der Waals surface area contributed by atoms with Gasteiger partial charge >= 0.3 is 19.2 Å². The van der Waals surface area contributed by atoms with Gasteiger partial charge in [-0.2, -0.15) is 11.8 Å². The highest BCUT2D eigenvalue weighted by atomic mass is 79.9. The first-order chi connectivity index (χ1) is 22.3. The van der Waals surface area contributed by atoms with Crippen LogP contribution in [0.15, 0.2) is 60.7 Å². The van der Waals surface area contributed by atoms with Crippen molar-refractivity contribution in [3.05, 3.63) is 71.8 Å². The molecule has 12 heteroatoms. The molecule has 2 unspecified atom stereocenters. The Bertz CT molecular complexity index is 1060. The molecule has 0 aromatic heterocycles. The molecule has 2 aromatic carbocycles. The van der Waals surface area contributed by atoms with Gasteiger partial charge in [0.05, 0.1) is 14.2 Å². The molecule has 0 N–H and O–H groups in total. The average Bonchev–Trinajstić information content (AvgIpc) is 2.99. The summed E-state index contributed by atoms with van der Waals surface area (Å²) >= 11 is 5.62. The zero-order valence-electron chi connectivity index (χ0n) is 30.4. The molecule has 0 radical (unpaired) electrons. The predicted molar refractivity (Wildman–Crippen MR) is 205 cm³/mol. The second-order valence-corrected chi connectivity index (χ2v) is 18.5. The van der Waals surface area contributed by atoms with Crippen molar-refractivity contribution < 1.29 is 36.3 Å². The van der Waals surface area contributed by atoms with Crippen molar-refractivity contribution in [3.8, 4) is 0 Å². The normalized spacial score (nSPS) is 12.3. The summed E-state index contributed by atoms with van der Waals surface area (Å²) in [6.07, 6.45) is 4.75. The number of benzene rings is 2. The number of hydrogen-bond acceptors (Lipinski definition) is 5. The lowest BCUT2D eigenvalue weighted by atomic mass is 10.1. The zero-order valence-corrected chi connectivity index (χ0v) is 33.6. The Morgan fingerprint density at radius 3 is 1.35 bits per heavy atom. The van der Waals surface area contributed by atoms with Gasteiger partial charge in [-0.25, -0.2) is 0 Å². The summed E-state index contributed by atoms with van der Waals surface area (Å²) in [5.74, 6) is -0.237. The summed E-state index contributed by atoms with van der Waals surface area (Å²) in [6, 6.07) is 21.0. The second kappa shape index (κ2) is 28.1. The predicted octanol–water partition coefficient (Wildman–Crippen LogP) is 11.8. The molecule has 0 bridgehead atoms. The Kier molecular flexibility index (Phi) is 28.4. The Hall–Kier alpha value is -1.66. The monoisotopic (exact) mass is 784 g/mol. The molecule has 276 valence electrons. The van der Waals surface area contributed by atoms with Crippen LogP contribution >= 0.6 is 27.7 Å². The van der Waals surface area contributed by atoms with Gasteiger partial charge in [0.1, 0.15) is 15.7 Å². The number of halogens is 5. The lowest BCUT2D eigenvalue weighted by Gasteiger charge is -2.25. The molecular formula is C36H58BBrF4O4S2. The van der Waals surface area contributed by atoms with E-state index in [4.69, 9.17) is 4.74 Å². The third-order valence-corrected chi connectivity index (χ3v) is 11.9. The van der Waals surface area contributed by atoms with Crippen LogP contribution in [0.25, 0.3) is 0 Å². The van der Waals surface area contributed by atoms with E-state index in [0.717, 1.165) is 36.2 Å². The topological polar surface area (TPSA) is 52.6 Å². The van der Waals surface area contributed by atoms with E-state index < -0.39 is 7.25 Å². The van der Waals surface area contributed by atoms with Gasteiger partial charge in [0, 0.05) is 23.2 Å². The van der Waals surface area contributed by atoms with Crippen molar-refractivity contribution in [2.75, 3.05) is 14.2 Å².